The number of sulfonamides is 1. The number of ether oxygens (including phenoxy) is 2. The van der Waals surface area contributed by atoms with Crippen LogP contribution in [0.4, 0.5) is 0 Å². The fourth-order valence-electron chi connectivity index (χ4n) is 3.65. The minimum atomic E-state index is -3.55. The first kappa shape index (κ1) is 20.4. The lowest BCUT2D eigenvalue weighted by atomic mass is 9.97. The summed E-state index contributed by atoms with van der Waals surface area (Å²) < 4.78 is 39.1. The molecule has 156 valence electrons. The molecule has 1 unspecified atom stereocenters. The number of likely N-dealkylation sites (tertiary alicyclic amines) is 1. The van der Waals surface area contributed by atoms with Crippen LogP contribution in [0.25, 0.3) is 0 Å². The SMILES string of the molecule is O=S(=O)(NCC1CCN(CC2COc3ccc(Cl)cc3O2)CC1)c1ccccn1. The summed E-state index contributed by atoms with van der Waals surface area (Å²) in [6.45, 7) is 3.52. The Morgan fingerprint density at radius 3 is 2.76 bits per heavy atom. The van der Waals surface area contributed by atoms with E-state index in [2.05, 4.69) is 14.6 Å². The maximum Gasteiger partial charge on any atom is 0.258 e. The Balaban J connectivity index is 1.23. The molecule has 0 saturated carbocycles. The van der Waals surface area contributed by atoms with Crippen molar-refractivity contribution in [2.45, 2.75) is 24.0 Å². The van der Waals surface area contributed by atoms with Gasteiger partial charge in [0.15, 0.2) is 16.5 Å². The number of nitrogens with one attached hydrogen (secondary N) is 1. The number of rotatable bonds is 6. The molecule has 1 N–H and O–H groups in total. The minimum absolute atomic E-state index is 0.0415. The van der Waals surface area contributed by atoms with Crippen LogP contribution >= 0.6 is 11.6 Å². The minimum Gasteiger partial charge on any atom is -0.486 e. The first-order valence-electron chi connectivity index (χ1n) is 9.72. The first-order valence-corrected chi connectivity index (χ1v) is 11.6. The predicted octanol–water partition coefficient (Wildman–Crippen LogP) is 2.57. The summed E-state index contributed by atoms with van der Waals surface area (Å²) in [7, 11) is -3.55. The molecular weight excluding hydrogens is 414 g/mol. The van der Waals surface area contributed by atoms with Crippen LogP contribution < -0.4 is 14.2 Å². The normalized spacial score (nSPS) is 20.5. The van der Waals surface area contributed by atoms with E-state index in [-0.39, 0.29) is 11.1 Å². The number of nitrogens with zero attached hydrogens (tertiary/aromatic N) is 2. The number of fused-ring (bicyclic) bond motifs is 1. The van der Waals surface area contributed by atoms with Crippen molar-refractivity contribution in [3.8, 4) is 11.5 Å². The summed E-state index contributed by atoms with van der Waals surface area (Å²) in [4.78, 5) is 6.26. The lowest BCUT2D eigenvalue weighted by Crippen LogP contribution is -2.45. The van der Waals surface area contributed by atoms with Gasteiger partial charge in [0.2, 0.25) is 0 Å². The van der Waals surface area contributed by atoms with Crippen LogP contribution in [0, 0.1) is 5.92 Å². The van der Waals surface area contributed by atoms with Crippen LogP contribution in [-0.2, 0) is 10.0 Å². The van der Waals surface area contributed by atoms with Crippen LogP contribution in [-0.4, -0.2) is 57.2 Å². The van der Waals surface area contributed by atoms with Gasteiger partial charge in [-0.25, -0.2) is 18.1 Å². The monoisotopic (exact) mass is 437 g/mol. The highest BCUT2D eigenvalue weighted by atomic mass is 35.5. The Morgan fingerprint density at radius 2 is 2.00 bits per heavy atom. The van der Waals surface area contributed by atoms with Crippen molar-refractivity contribution in [3.05, 3.63) is 47.6 Å². The zero-order valence-electron chi connectivity index (χ0n) is 16.0. The molecule has 2 aliphatic heterocycles. The third-order valence-corrected chi connectivity index (χ3v) is 6.84. The zero-order valence-corrected chi connectivity index (χ0v) is 17.5. The molecule has 29 heavy (non-hydrogen) atoms. The predicted molar refractivity (Wildman–Crippen MR) is 110 cm³/mol. The number of pyridine rings is 1. The van der Waals surface area contributed by atoms with Gasteiger partial charge in [0.25, 0.3) is 10.0 Å². The van der Waals surface area contributed by atoms with Crippen molar-refractivity contribution >= 4 is 21.6 Å². The molecule has 1 aromatic heterocycles. The van der Waals surface area contributed by atoms with E-state index in [4.69, 9.17) is 21.1 Å². The number of hydrogen-bond acceptors (Lipinski definition) is 6. The number of piperidine rings is 1. The molecule has 0 aliphatic carbocycles. The van der Waals surface area contributed by atoms with Crippen molar-refractivity contribution in [2.24, 2.45) is 5.92 Å². The Kier molecular flexibility index (Phi) is 6.24. The second-order valence-electron chi connectivity index (χ2n) is 7.41. The summed E-state index contributed by atoms with van der Waals surface area (Å²) >= 11 is 6.03. The van der Waals surface area contributed by atoms with Gasteiger partial charge in [-0.1, -0.05) is 17.7 Å². The molecule has 1 atom stereocenters. The van der Waals surface area contributed by atoms with Gasteiger partial charge in [0.1, 0.15) is 12.7 Å². The van der Waals surface area contributed by atoms with E-state index in [0.717, 1.165) is 38.2 Å². The molecular formula is C20H24ClN3O4S. The van der Waals surface area contributed by atoms with E-state index in [0.29, 0.717) is 29.8 Å². The van der Waals surface area contributed by atoms with Crippen LogP contribution in [0.5, 0.6) is 11.5 Å². The zero-order chi connectivity index (χ0) is 20.3. The fraction of sp³-hybridized carbons (Fsp3) is 0.450. The molecule has 1 saturated heterocycles. The second kappa shape index (κ2) is 8.87. The van der Waals surface area contributed by atoms with Gasteiger partial charge in [0.05, 0.1) is 0 Å². The van der Waals surface area contributed by atoms with Crippen molar-refractivity contribution in [1.29, 1.82) is 0 Å². The number of aromatic nitrogens is 1. The average molecular weight is 438 g/mol. The van der Waals surface area contributed by atoms with Gasteiger partial charge in [-0.15, -0.1) is 0 Å². The summed E-state index contributed by atoms with van der Waals surface area (Å²) in [6.07, 6.45) is 3.30. The van der Waals surface area contributed by atoms with Gasteiger partial charge in [-0.2, -0.15) is 0 Å². The Bertz CT molecular complexity index is 934. The van der Waals surface area contributed by atoms with E-state index in [1.807, 2.05) is 6.07 Å². The van der Waals surface area contributed by atoms with E-state index in [1.54, 1.807) is 24.3 Å². The molecule has 1 aromatic carbocycles. The Hall–Kier alpha value is -1.87. The lowest BCUT2D eigenvalue weighted by Gasteiger charge is -2.35. The molecule has 7 nitrogen and oxygen atoms in total. The molecule has 0 bridgehead atoms. The maximum atomic E-state index is 12.3. The number of halogens is 1. The van der Waals surface area contributed by atoms with E-state index < -0.39 is 10.0 Å². The molecule has 4 rings (SSSR count). The molecule has 0 amide bonds. The molecule has 1 fully saturated rings. The maximum absolute atomic E-state index is 12.3. The third-order valence-electron chi connectivity index (χ3n) is 5.27. The van der Waals surface area contributed by atoms with Crippen LogP contribution in [0.2, 0.25) is 5.02 Å². The molecule has 3 heterocycles. The first-order chi connectivity index (χ1) is 14.0. The largest absolute Gasteiger partial charge is 0.486 e. The molecule has 0 radical (unpaired) electrons. The third kappa shape index (κ3) is 5.19. The van der Waals surface area contributed by atoms with Gasteiger partial charge < -0.3 is 9.47 Å². The highest BCUT2D eigenvalue weighted by molar-refractivity contribution is 7.89. The highest BCUT2D eigenvalue weighted by Crippen LogP contribution is 2.34. The summed E-state index contributed by atoms with van der Waals surface area (Å²) in [5.74, 6) is 1.73. The highest BCUT2D eigenvalue weighted by Gasteiger charge is 2.27. The quantitative estimate of drug-likeness (QED) is 0.748. The van der Waals surface area contributed by atoms with Gasteiger partial charge >= 0.3 is 0 Å². The summed E-state index contributed by atoms with van der Waals surface area (Å²) in [5.41, 5.74) is 0. The van der Waals surface area contributed by atoms with E-state index in [1.165, 1.54) is 12.3 Å². The van der Waals surface area contributed by atoms with Crippen molar-refractivity contribution in [3.63, 3.8) is 0 Å². The smallest absolute Gasteiger partial charge is 0.258 e. The molecule has 2 aromatic rings. The Morgan fingerprint density at radius 1 is 1.17 bits per heavy atom. The average Bonchev–Trinajstić information content (AvgIpc) is 2.74. The van der Waals surface area contributed by atoms with Crippen LogP contribution in [0.3, 0.4) is 0 Å². The van der Waals surface area contributed by atoms with Gasteiger partial charge in [-0.3, -0.25) is 4.90 Å². The summed E-state index contributed by atoms with van der Waals surface area (Å²) in [6, 6.07) is 10.3. The second-order valence-corrected chi connectivity index (χ2v) is 9.56. The van der Waals surface area contributed by atoms with Crippen molar-refractivity contribution in [1.82, 2.24) is 14.6 Å². The standard InChI is InChI=1S/C20H24ClN3O4S/c21-16-4-5-18-19(11-16)28-17(14-27-18)13-24-9-6-15(7-10-24)12-23-29(25,26)20-3-1-2-8-22-20/h1-5,8,11,15,17,23H,6-7,9-10,12-14H2. The topological polar surface area (TPSA) is 80.8 Å². The van der Waals surface area contributed by atoms with Gasteiger partial charge in [-0.05, 0) is 56.1 Å². The van der Waals surface area contributed by atoms with E-state index in [9.17, 15) is 8.42 Å². The Labute approximate surface area is 176 Å². The lowest BCUT2D eigenvalue weighted by molar-refractivity contribution is 0.0481. The van der Waals surface area contributed by atoms with Crippen molar-refractivity contribution in [2.75, 3.05) is 32.8 Å². The van der Waals surface area contributed by atoms with Crippen LogP contribution in [0.15, 0.2) is 47.6 Å². The van der Waals surface area contributed by atoms with E-state index >= 15 is 0 Å². The van der Waals surface area contributed by atoms with Gasteiger partial charge in [0, 0.05) is 30.4 Å². The molecule has 2 aliphatic rings. The fourth-order valence-corrected chi connectivity index (χ4v) is 4.87. The molecule has 0 spiro atoms. The van der Waals surface area contributed by atoms with Crippen molar-refractivity contribution < 1.29 is 17.9 Å². The molecule has 9 heteroatoms. The van der Waals surface area contributed by atoms with Crippen LogP contribution in [0.1, 0.15) is 12.8 Å². The summed E-state index contributed by atoms with van der Waals surface area (Å²) in [5, 5.41) is 0.689. The number of benzene rings is 1. The number of hydrogen-bond donors (Lipinski definition) is 1.